The van der Waals surface area contributed by atoms with Crippen LogP contribution in [0.25, 0.3) is 0 Å². The highest BCUT2D eigenvalue weighted by Crippen LogP contribution is 2.15. The van der Waals surface area contributed by atoms with Gasteiger partial charge < -0.3 is 9.47 Å². The van der Waals surface area contributed by atoms with Gasteiger partial charge in [-0.3, -0.25) is 0 Å². The van der Waals surface area contributed by atoms with E-state index < -0.39 is 11.9 Å². The summed E-state index contributed by atoms with van der Waals surface area (Å²) in [5.41, 5.74) is 0.0518. The van der Waals surface area contributed by atoms with Crippen molar-refractivity contribution < 1.29 is 19.1 Å². The lowest BCUT2D eigenvalue weighted by Gasteiger charge is -2.12. The maximum Gasteiger partial charge on any atom is 0.345 e. The van der Waals surface area contributed by atoms with Crippen molar-refractivity contribution in [3.05, 3.63) is 11.6 Å². The Balaban J connectivity index is 4.82. The van der Waals surface area contributed by atoms with Crippen LogP contribution < -0.4 is 0 Å². The summed E-state index contributed by atoms with van der Waals surface area (Å²) in [6.45, 7) is 8.80. The van der Waals surface area contributed by atoms with Crippen molar-refractivity contribution in [3.8, 4) is 0 Å². The number of hydrogen-bond donors (Lipinski definition) is 0. The van der Waals surface area contributed by atoms with Gasteiger partial charge in [0, 0.05) is 0 Å². The monoisotopic (exact) mass is 298 g/mol. The van der Waals surface area contributed by atoms with E-state index in [-0.39, 0.29) is 11.5 Å². The van der Waals surface area contributed by atoms with E-state index in [0.29, 0.717) is 13.2 Å². The Hall–Kier alpha value is -1.32. The van der Waals surface area contributed by atoms with Gasteiger partial charge in [0.1, 0.15) is 5.57 Å². The molecule has 0 bridgehead atoms. The van der Waals surface area contributed by atoms with Crippen LogP contribution in [-0.4, -0.2) is 25.2 Å². The van der Waals surface area contributed by atoms with Gasteiger partial charge >= 0.3 is 11.9 Å². The Morgan fingerprint density at radius 1 is 0.857 bits per heavy atom. The summed E-state index contributed by atoms with van der Waals surface area (Å²) in [7, 11) is 0. The Bertz CT molecular complexity index is 306. The van der Waals surface area contributed by atoms with Gasteiger partial charge in [-0.2, -0.15) is 0 Å². The molecule has 0 radical (unpaired) electrons. The van der Waals surface area contributed by atoms with Gasteiger partial charge in [-0.25, -0.2) is 9.59 Å². The number of carbonyl (C=O) groups excluding carboxylic acids is 2. The molecule has 122 valence electrons. The fourth-order valence-corrected chi connectivity index (χ4v) is 1.75. The largest absolute Gasteiger partial charge is 0.462 e. The molecule has 4 heteroatoms. The van der Waals surface area contributed by atoms with E-state index in [4.69, 9.17) is 9.47 Å². The molecular formula is C17H30O4. The first-order chi connectivity index (χ1) is 10.1. The second-order valence-electron chi connectivity index (χ2n) is 5.14. The number of unbranched alkanes of at least 4 members (excludes halogenated alkanes) is 2. The van der Waals surface area contributed by atoms with Crippen LogP contribution in [0.2, 0.25) is 0 Å². The zero-order valence-corrected chi connectivity index (χ0v) is 13.9. The normalized spacial score (nSPS) is 10.3. The van der Waals surface area contributed by atoms with Crippen LogP contribution in [0.15, 0.2) is 11.6 Å². The molecule has 0 heterocycles. The Morgan fingerprint density at radius 2 is 1.29 bits per heavy atom. The minimum atomic E-state index is -0.558. The molecule has 0 rings (SSSR count). The van der Waals surface area contributed by atoms with Gasteiger partial charge in [-0.15, -0.1) is 0 Å². The van der Waals surface area contributed by atoms with Crippen LogP contribution in [0.4, 0.5) is 0 Å². The van der Waals surface area contributed by atoms with Crippen LogP contribution in [0, 0.1) is 5.92 Å². The van der Waals surface area contributed by atoms with Gasteiger partial charge in [0.25, 0.3) is 0 Å². The summed E-state index contributed by atoms with van der Waals surface area (Å²) in [4.78, 5) is 24.1. The standard InChI is InChI=1S/C17H30O4/c1-5-9-11-20-16(18)15(13-14(7-3)8-4)17(19)21-12-10-6-2/h13-14H,5-12H2,1-4H3. The Labute approximate surface area is 128 Å². The van der Waals surface area contributed by atoms with Gasteiger partial charge in [0.15, 0.2) is 0 Å². The summed E-state index contributed by atoms with van der Waals surface area (Å²) in [6, 6.07) is 0. The van der Waals surface area contributed by atoms with Crippen molar-refractivity contribution in [1.29, 1.82) is 0 Å². The summed E-state index contributed by atoms with van der Waals surface area (Å²) in [6.07, 6.45) is 6.96. The van der Waals surface area contributed by atoms with Gasteiger partial charge in [0.2, 0.25) is 0 Å². The first-order valence-corrected chi connectivity index (χ1v) is 8.16. The van der Waals surface area contributed by atoms with E-state index in [1.165, 1.54) is 0 Å². The minimum absolute atomic E-state index is 0.0518. The molecule has 0 aliphatic carbocycles. The first kappa shape index (κ1) is 19.7. The third-order valence-electron chi connectivity index (χ3n) is 3.35. The second kappa shape index (κ2) is 12.4. The molecule has 0 aromatic heterocycles. The van der Waals surface area contributed by atoms with Crippen molar-refractivity contribution in [2.24, 2.45) is 5.92 Å². The highest BCUT2D eigenvalue weighted by molar-refractivity contribution is 6.14. The summed E-state index contributed by atoms with van der Waals surface area (Å²) in [5, 5.41) is 0. The van der Waals surface area contributed by atoms with Crippen molar-refractivity contribution in [1.82, 2.24) is 0 Å². The van der Waals surface area contributed by atoms with Gasteiger partial charge in [-0.1, -0.05) is 46.6 Å². The van der Waals surface area contributed by atoms with Gasteiger partial charge in [0.05, 0.1) is 13.2 Å². The van der Waals surface area contributed by atoms with Crippen LogP contribution in [-0.2, 0) is 19.1 Å². The lowest BCUT2D eigenvalue weighted by Crippen LogP contribution is -2.20. The van der Waals surface area contributed by atoms with E-state index in [0.717, 1.165) is 38.5 Å². The molecule has 0 amide bonds. The second-order valence-corrected chi connectivity index (χ2v) is 5.14. The third kappa shape index (κ3) is 8.53. The van der Waals surface area contributed by atoms with Crippen LogP contribution in [0.3, 0.4) is 0 Å². The van der Waals surface area contributed by atoms with E-state index in [2.05, 4.69) is 0 Å². The fourth-order valence-electron chi connectivity index (χ4n) is 1.75. The molecule has 0 saturated carbocycles. The van der Waals surface area contributed by atoms with Crippen LogP contribution >= 0.6 is 0 Å². The van der Waals surface area contributed by atoms with E-state index in [1.54, 1.807) is 6.08 Å². The summed E-state index contributed by atoms with van der Waals surface area (Å²) in [5.74, 6) is -0.925. The quantitative estimate of drug-likeness (QED) is 0.190. The smallest absolute Gasteiger partial charge is 0.345 e. The molecule has 0 N–H and O–H groups in total. The summed E-state index contributed by atoms with van der Waals surface area (Å²) >= 11 is 0. The topological polar surface area (TPSA) is 52.6 Å². The van der Waals surface area contributed by atoms with Crippen molar-refractivity contribution >= 4 is 11.9 Å². The maximum absolute atomic E-state index is 12.1. The lowest BCUT2D eigenvalue weighted by molar-refractivity contribution is -0.147. The lowest BCUT2D eigenvalue weighted by atomic mass is 10.00. The molecule has 0 unspecified atom stereocenters. The molecule has 21 heavy (non-hydrogen) atoms. The first-order valence-electron chi connectivity index (χ1n) is 8.16. The zero-order valence-electron chi connectivity index (χ0n) is 13.9. The van der Waals surface area contributed by atoms with E-state index >= 15 is 0 Å². The number of esters is 2. The molecular weight excluding hydrogens is 268 g/mol. The Kier molecular flexibility index (Phi) is 11.6. The van der Waals surface area contributed by atoms with Crippen molar-refractivity contribution in [3.63, 3.8) is 0 Å². The molecule has 0 aliphatic heterocycles. The maximum atomic E-state index is 12.1. The number of carbonyl (C=O) groups is 2. The van der Waals surface area contributed by atoms with Crippen molar-refractivity contribution in [2.75, 3.05) is 13.2 Å². The molecule has 0 aromatic carbocycles. The molecule has 0 fully saturated rings. The van der Waals surface area contributed by atoms with E-state index in [1.807, 2.05) is 27.7 Å². The average Bonchev–Trinajstić information content (AvgIpc) is 2.48. The molecule has 0 aromatic rings. The zero-order chi connectivity index (χ0) is 16.1. The van der Waals surface area contributed by atoms with E-state index in [9.17, 15) is 9.59 Å². The average molecular weight is 298 g/mol. The number of allylic oxidation sites excluding steroid dienone is 1. The van der Waals surface area contributed by atoms with Crippen molar-refractivity contribution in [2.45, 2.75) is 66.2 Å². The van der Waals surface area contributed by atoms with Gasteiger partial charge in [-0.05, 0) is 31.6 Å². The number of hydrogen-bond acceptors (Lipinski definition) is 4. The molecule has 0 saturated heterocycles. The fraction of sp³-hybridized carbons (Fsp3) is 0.765. The molecule has 0 atom stereocenters. The highest BCUT2D eigenvalue weighted by Gasteiger charge is 2.22. The predicted molar refractivity (Wildman–Crippen MR) is 83.9 cm³/mol. The highest BCUT2D eigenvalue weighted by atomic mass is 16.6. The minimum Gasteiger partial charge on any atom is -0.462 e. The molecule has 0 spiro atoms. The number of rotatable bonds is 11. The molecule has 0 aliphatic rings. The molecule has 4 nitrogen and oxygen atoms in total. The number of ether oxygens (including phenoxy) is 2. The third-order valence-corrected chi connectivity index (χ3v) is 3.35. The SMILES string of the molecule is CCCCOC(=O)C(=CC(CC)CC)C(=O)OCCCC. The Morgan fingerprint density at radius 3 is 1.62 bits per heavy atom. The summed E-state index contributed by atoms with van der Waals surface area (Å²) < 4.78 is 10.3. The predicted octanol–water partition coefficient (Wildman–Crippen LogP) is 4.04. The van der Waals surface area contributed by atoms with Crippen LogP contribution in [0.5, 0.6) is 0 Å². The van der Waals surface area contributed by atoms with Crippen LogP contribution in [0.1, 0.15) is 66.2 Å².